The first-order chi connectivity index (χ1) is 13.7. The highest BCUT2D eigenvalue weighted by Crippen LogP contribution is 2.36. The average molecular weight is 371 g/mol. The molecule has 1 saturated heterocycles. The quantitative estimate of drug-likeness (QED) is 0.357. The third-order valence-corrected chi connectivity index (χ3v) is 6.14. The summed E-state index contributed by atoms with van der Waals surface area (Å²) in [6, 6.07) is 20.0. The van der Waals surface area contributed by atoms with Crippen LogP contribution in [0.2, 0.25) is 0 Å². The van der Waals surface area contributed by atoms with Crippen molar-refractivity contribution in [1.29, 1.82) is 0 Å². The first-order valence-corrected chi connectivity index (χ1v) is 10.3. The lowest BCUT2D eigenvalue weighted by Gasteiger charge is -2.31. The molecule has 4 aromatic rings. The summed E-state index contributed by atoms with van der Waals surface area (Å²) in [7, 11) is 0. The van der Waals surface area contributed by atoms with Crippen LogP contribution in [0.15, 0.2) is 54.6 Å². The first kappa shape index (κ1) is 17.4. The SMILES string of the molecule is CCOC(=O)[C@H]1CCCN(Cc2ccc3ccc4cccc5ccc2c3c45)C1. The number of carbonyl (C=O) groups is 1. The summed E-state index contributed by atoms with van der Waals surface area (Å²) in [6.07, 6.45) is 1.99. The fraction of sp³-hybridized carbons (Fsp3) is 0.320. The van der Waals surface area contributed by atoms with Crippen molar-refractivity contribution >= 4 is 38.3 Å². The van der Waals surface area contributed by atoms with Gasteiger partial charge in [0.15, 0.2) is 0 Å². The second-order valence-corrected chi connectivity index (χ2v) is 7.91. The third-order valence-electron chi connectivity index (χ3n) is 6.14. The highest BCUT2D eigenvalue weighted by atomic mass is 16.5. The largest absolute Gasteiger partial charge is 0.466 e. The van der Waals surface area contributed by atoms with Gasteiger partial charge in [-0.15, -0.1) is 0 Å². The minimum absolute atomic E-state index is 0.00786. The van der Waals surface area contributed by atoms with Gasteiger partial charge < -0.3 is 4.74 Å². The van der Waals surface area contributed by atoms with Gasteiger partial charge in [0.05, 0.1) is 12.5 Å². The summed E-state index contributed by atoms with van der Waals surface area (Å²) in [4.78, 5) is 14.6. The Kier molecular flexibility index (Phi) is 4.40. The Hall–Kier alpha value is -2.65. The van der Waals surface area contributed by atoms with Crippen molar-refractivity contribution in [3.63, 3.8) is 0 Å². The minimum atomic E-state index is -0.0393. The van der Waals surface area contributed by atoms with Crippen LogP contribution in [0.4, 0.5) is 0 Å². The molecule has 4 aromatic carbocycles. The third kappa shape index (κ3) is 2.91. The molecule has 0 unspecified atom stereocenters. The lowest BCUT2D eigenvalue weighted by Crippen LogP contribution is -2.38. The number of nitrogens with zero attached hydrogens (tertiary/aromatic N) is 1. The summed E-state index contributed by atoms with van der Waals surface area (Å²) >= 11 is 0. The van der Waals surface area contributed by atoms with Crippen molar-refractivity contribution in [3.8, 4) is 0 Å². The molecule has 28 heavy (non-hydrogen) atoms. The van der Waals surface area contributed by atoms with Crippen molar-refractivity contribution in [1.82, 2.24) is 4.90 Å². The van der Waals surface area contributed by atoms with Crippen LogP contribution in [0.1, 0.15) is 25.3 Å². The van der Waals surface area contributed by atoms with E-state index in [-0.39, 0.29) is 11.9 Å². The van der Waals surface area contributed by atoms with E-state index in [1.54, 1.807) is 0 Å². The van der Waals surface area contributed by atoms with Crippen LogP contribution in [0.5, 0.6) is 0 Å². The van der Waals surface area contributed by atoms with E-state index < -0.39 is 0 Å². The molecule has 0 aliphatic carbocycles. The Morgan fingerprint density at radius 3 is 2.50 bits per heavy atom. The van der Waals surface area contributed by atoms with Crippen LogP contribution in [0.3, 0.4) is 0 Å². The van der Waals surface area contributed by atoms with Gasteiger partial charge >= 0.3 is 5.97 Å². The van der Waals surface area contributed by atoms with E-state index in [9.17, 15) is 4.79 Å². The van der Waals surface area contributed by atoms with Crippen LogP contribution < -0.4 is 0 Å². The summed E-state index contributed by atoms with van der Waals surface area (Å²) in [5, 5.41) is 7.96. The number of hydrogen-bond acceptors (Lipinski definition) is 3. The molecule has 1 aliphatic rings. The van der Waals surface area contributed by atoms with Gasteiger partial charge in [0.25, 0.3) is 0 Å². The summed E-state index contributed by atoms with van der Waals surface area (Å²) in [6.45, 7) is 5.05. The molecule has 1 fully saturated rings. The molecule has 0 bridgehead atoms. The number of ether oxygens (including phenoxy) is 1. The number of piperidine rings is 1. The van der Waals surface area contributed by atoms with Crippen LogP contribution in [-0.4, -0.2) is 30.6 Å². The van der Waals surface area contributed by atoms with Gasteiger partial charge in [0, 0.05) is 13.1 Å². The second-order valence-electron chi connectivity index (χ2n) is 7.91. The number of benzene rings is 4. The number of likely N-dealkylation sites (tertiary alicyclic amines) is 1. The maximum Gasteiger partial charge on any atom is 0.310 e. The number of rotatable bonds is 4. The fourth-order valence-corrected chi connectivity index (χ4v) is 4.83. The van der Waals surface area contributed by atoms with Crippen molar-refractivity contribution in [2.75, 3.05) is 19.7 Å². The maximum atomic E-state index is 12.2. The summed E-state index contributed by atoms with van der Waals surface area (Å²) in [5.41, 5.74) is 1.34. The molecule has 0 aromatic heterocycles. The summed E-state index contributed by atoms with van der Waals surface area (Å²) in [5.74, 6) is -0.0314. The van der Waals surface area contributed by atoms with E-state index in [1.807, 2.05) is 6.92 Å². The van der Waals surface area contributed by atoms with E-state index in [0.29, 0.717) is 6.61 Å². The van der Waals surface area contributed by atoms with E-state index in [2.05, 4.69) is 59.5 Å². The molecule has 5 rings (SSSR count). The molecule has 1 heterocycles. The lowest BCUT2D eigenvalue weighted by molar-refractivity contribution is -0.150. The van der Waals surface area contributed by atoms with E-state index >= 15 is 0 Å². The van der Waals surface area contributed by atoms with Crippen LogP contribution in [-0.2, 0) is 16.1 Å². The van der Waals surface area contributed by atoms with E-state index in [4.69, 9.17) is 4.74 Å². The fourth-order valence-electron chi connectivity index (χ4n) is 4.83. The smallest absolute Gasteiger partial charge is 0.310 e. The number of hydrogen-bond donors (Lipinski definition) is 0. The van der Waals surface area contributed by atoms with Crippen LogP contribution in [0.25, 0.3) is 32.3 Å². The van der Waals surface area contributed by atoms with Gasteiger partial charge in [-0.25, -0.2) is 0 Å². The molecule has 0 amide bonds. The molecular weight excluding hydrogens is 346 g/mol. The minimum Gasteiger partial charge on any atom is -0.466 e. The number of esters is 1. The van der Waals surface area contributed by atoms with Crippen LogP contribution >= 0.6 is 0 Å². The normalized spacial score (nSPS) is 18.2. The second kappa shape index (κ2) is 7.06. The maximum absolute atomic E-state index is 12.2. The molecule has 0 saturated carbocycles. The van der Waals surface area contributed by atoms with Gasteiger partial charge in [0.1, 0.15) is 0 Å². The molecule has 0 spiro atoms. The molecule has 3 heteroatoms. The summed E-state index contributed by atoms with van der Waals surface area (Å²) < 4.78 is 5.26. The molecule has 1 atom stereocenters. The predicted octanol–water partition coefficient (Wildman–Crippen LogP) is 5.36. The Morgan fingerprint density at radius 1 is 1.00 bits per heavy atom. The molecule has 0 radical (unpaired) electrons. The lowest BCUT2D eigenvalue weighted by atomic mass is 9.91. The zero-order valence-corrected chi connectivity index (χ0v) is 16.3. The van der Waals surface area contributed by atoms with Gasteiger partial charge in [-0.3, -0.25) is 9.69 Å². The average Bonchev–Trinajstić information content (AvgIpc) is 2.73. The zero-order chi connectivity index (χ0) is 19.1. The highest BCUT2D eigenvalue weighted by molar-refractivity contribution is 6.23. The zero-order valence-electron chi connectivity index (χ0n) is 16.3. The highest BCUT2D eigenvalue weighted by Gasteiger charge is 2.27. The van der Waals surface area contributed by atoms with Crippen molar-refractivity contribution < 1.29 is 9.53 Å². The van der Waals surface area contributed by atoms with Gasteiger partial charge in [0.2, 0.25) is 0 Å². The van der Waals surface area contributed by atoms with Gasteiger partial charge in [-0.1, -0.05) is 54.6 Å². The van der Waals surface area contributed by atoms with E-state index in [0.717, 1.165) is 32.5 Å². The Labute approximate surface area is 165 Å². The van der Waals surface area contributed by atoms with Crippen molar-refractivity contribution in [3.05, 3.63) is 60.2 Å². The molecule has 3 nitrogen and oxygen atoms in total. The Balaban J connectivity index is 1.52. The van der Waals surface area contributed by atoms with E-state index in [1.165, 1.54) is 37.9 Å². The standard InChI is InChI=1S/C25H25NO2/c1-2-28-25(27)21-7-4-14-26(16-21)15-20-11-10-19-9-8-17-5-3-6-18-12-13-22(20)24(19)23(17)18/h3,5-6,8-13,21H,2,4,7,14-16H2,1H3/t21-/m0/s1. The Morgan fingerprint density at radius 2 is 1.71 bits per heavy atom. The van der Waals surface area contributed by atoms with Crippen molar-refractivity contribution in [2.45, 2.75) is 26.3 Å². The molecule has 0 N–H and O–H groups in total. The molecular formula is C25H25NO2. The van der Waals surface area contributed by atoms with Crippen molar-refractivity contribution in [2.24, 2.45) is 5.92 Å². The Bertz CT molecular complexity index is 1130. The van der Waals surface area contributed by atoms with Gasteiger partial charge in [-0.05, 0) is 64.2 Å². The topological polar surface area (TPSA) is 29.5 Å². The predicted molar refractivity (Wildman–Crippen MR) is 115 cm³/mol. The molecule has 142 valence electrons. The monoisotopic (exact) mass is 371 g/mol. The molecule has 1 aliphatic heterocycles. The van der Waals surface area contributed by atoms with Gasteiger partial charge in [-0.2, -0.15) is 0 Å². The first-order valence-electron chi connectivity index (χ1n) is 10.3. The van der Waals surface area contributed by atoms with Crippen LogP contribution in [0, 0.1) is 5.92 Å². The number of carbonyl (C=O) groups excluding carboxylic acids is 1.